The molecule has 2 heterocycles. The Morgan fingerprint density at radius 1 is 1.45 bits per heavy atom. The number of carbonyl (C=O) groups excluding carboxylic acids is 1. The van der Waals surface area contributed by atoms with Gasteiger partial charge in [0.15, 0.2) is 5.69 Å². The van der Waals surface area contributed by atoms with E-state index in [0.29, 0.717) is 18.1 Å². The van der Waals surface area contributed by atoms with Crippen molar-refractivity contribution in [3.63, 3.8) is 0 Å². The Kier molecular flexibility index (Phi) is 4.59. The van der Waals surface area contributed by atoms with Gasteiger partial charge in [-0.2, -0.15) is 0 Å². The molecule has 20 heavy (non-hydrogen) atoms. The van der Waals surface area contributed by atoms with E-state index in [9.17, 15) is 4.79 Å². The van der Waals surface area contributed by atoms with E-state index in [1.165, 1.54) is 17.5 Å². The molecule has 0 radical (unpaired) electrons. The highest BCUT2D eigenvalue weighted by molar-refractivity contribution is 7.09. The van der Waals surface area contributed by atoms with Gasteiger partial charge in [-0.25, -0.2) is 9.97 Å². The summed E-state index contributed by atoms with van der Waals surface area (Å²) in [6.07, 6.45) is 3.23. The van der Waals surface area contributed by atoms with Crippen molar-refractivity contribution in [1.29, 1.82) is 0 Å². The summed E-state index contributed by atoms with van der Waals surface area (Å²) in [4.78, 5) is 25.5. The highest BCUT2D eigenvalue weighted by atomic mass is 32.1. The SMILES string of the molecule is CC(C)c1ncc(NN)c(C(=O)NCc2cncs2)n1. The van der Waals surface area contributed by atoms with Gasteiger partial charge >= 0.3 is 0 Å². The lowest BCUT2D eigenvalue weighted by molar-refractivity contribution is 0.0946. The Labute approximate surface area is 120 Å². The fourth-order valence-electron chi connectivity index (χ4n) is 1.53. The molecule has 4 N–H and O–H groups in total. The van der Waals surface area contributed by atoms with E-state index in [1.807, 2.05) is 13.8 Å². The van der Waals surface area contributed by atoms with Crippen molar-refractivity contribution in [3.05, 3.63) is 34.3 Å². The quantitative estimate of drug-likeness (QED) is 0.566. The van der Waals surface area contributed by atoms with E-state index in [4.69, 9.17) is 5.84 Å². The van der Waals surface area contributed by atoms with Crippen molar-refractivity contribution in [3.8, 4) is 0 Å². The molecule has 0 saturated heterocycles. The number of nitrogens with one attached hydrogen (secondary N) is 2. The van der Waals surface area contributed by atoms with Gasteiger partial charge in [-0.15, -0.1) is 11.3 Å². The van der Waals surface area contributed by atoms with Crippen LogP contribution in [0, 0.1) is 0 Å². The van der Waals surface area contributed by atoms with Gasteiger partial charge in [0, 0.05) is 17.0 Å². The molecule has 0 atom stereocenters. The normalized spacial score (nSPS) is 10.6. The highest BCUT2D eigenvalue weighted by Crippen LogP contribution is 2.15. The molecule has 0 bridgehead atoms. The predicted octanol–water partition coefficient (Wildman–Crippen LogP) is 1.27. The Morgan fingerprint density at radius 3 is 2.85 bits per heavy atom. The molecule has 106 valence electrons. The van der Waals surface area contributed by atoms with Crippen molar-refractivity contribution in [2.75, 3.05) is 5.43 Å². The van der Waals surface area contributed by atoms with E-state index in [0.717, 1.165) is 4.88 Å². The van der Waals surface area contributed by atoms with Crippen LogP contribution in [0.3, 0.4) is 0 Å². The number of anilines is 1. The number of aromatic nitrogens is 3. The van der Waals surface area contributed by atoms with Crippen LogP contribution in [0.1, 0.15) is 41.0 Å². The molecule has 8 heteroatoms. The molecule has 0 aliphatic carbocycles. The molecule has 0 fully saturated rings. The molecular weight excluding hydrogens is 276 g/mol. The van der Waals surface area contributed by atoms with Crippen LogP contribution in [0.2, 0.25) is 0 Å². The smallest absolute Gasteiger partial charge is 0.272 e. The Bertz CT molecular complexity index is 584. The number of amides is 1. The van der Waals surface area contributed by atoms with Crippen molar-refractivity contribution >= 4 is 22.9 Å². The number of rotatable bonds is 5. The van der Waals surface area contributed by atoms with Crippen LogP contribution in [0.15, 0.2) is 17.9 Å². The van der Waals surface area contributed by atoms with Crippen molar-refractivity contribution < 1.29 is 4.79 Å². The topological polar surface area (TPSA) is 106 Å². The lowest BCUT2D eigenvalue weighted by Crippen LogP contribution is -2.26. The van der Waals surface area contributed by atoms with E-state index in [1.54, 1.807) is 11.7 Å². The number of hydrogen-bond acceptors (Lipinski definition) is 7. The summed E-state index contributed by atoms with van der Waals surface area (Å²) in [5.41, 5.74) is 4.80. The van der Waals surface area contributed by atoms with Crippen LogP contribution < -0.4 is 16.6 Å². The zero-order valence-electron chi connectivity index (χ0n) is 11.3. The molecule has 0 saturated carbocycles. The zero-order chi connectivity index (χ0) is 14.5. The fraction of sp³-hybridized carbons (Fsp3) is 0.333. The van der Waals surface area contributed by atoms with Gasteiger partial charge in [-0.1, -0.05) is 13.8 Å². The largest absolute Gasteiger partial charge is 0.346 e. The summed E-state index contributed by atoms with van der Waals surface area (Å²) < 4.78 is 0. The standard InChI is InChI=1S/C12H16N6OS/c1-7(2)11-15-5-9(18-13)10(17-11)12(19)16-4-8-3-14-6-20-8/h3,5-7,18H,4,13H2,1-2H3,(H,16,19). The van der Waals surface area contributed by atoms with Crippen LogP contribution in [-0.2, 0) is 6.54 Å². The summed E-state index contributed by atoms with van der Waals surface area (Å²) in [5.74, 6) is 5.83. The van der Waals surface area contributed by atoms with Crippen LogP contribution in [-0.4, -0.2) is 20.9 Å². The number of nitrogens with zero attached hydrogens (tertiary/aromatic N) is 3. The lowest BCUT2D eigenvalue weighted by atomic mass is 10.2. The van der Waals surface area contributed by atoms with Gasteiger partial charge < -0.3 is 10.7 Å². The van der Waals surface area contributed by atoms with Gasteiger partial charge in [0.25, 0.3) is 5.91 Å². The Hall–Kier alpha value is -2.06. The van der Waals surface area contributed by atoms with Gasteiger partial charge in [0.2, 0.25) is 0 Å². The van der Waals surface area contributed by atoms with Crippen molar-refractivity contribution in [2.45, 2.75) is 26.3 Å². The summed E-state index contributed by atoms with van der Waals surface area (Å²) in [7, 11) is 0. The van der Waals surface area contributed by atoms with Gasteiger partial charge in [0.1, 0.15) is 5.82 Å². The van der Waals surface area contributed by atoms with Crippen molar-refractivity contribution in [1.82, 2.24) is 20.3 Å². The molecule has 0 aliphatic rings. The minimum Gasteiger partial charge on any atom is -0.346 e. The maximum absolute atomic E-state index is 12.2. The zero-order valence-corrected chi connectivity index (χ0v) is 12.1. The number of hydrogen-bond donors (Lipinski definition) is 3. The molecular formula is C12H16N6OS. The molecule has 0 unspecified atom stereocenters. The first-order chi connectivity index (χ1) is 9.61. The maximum atomic E-state index is 12.2. The van der Waals surface area contributed by atoms with Crippen LogP contribution in [0.4, 0.5) is 5.69 Å². The maximum Gasteiger partial charge on any atom is 0.272 e. The number of nitrogen functional groups attached to an aromatic ring is 1. The third-order valence-corrected chi connectivity index (χ3v) is 3.38. The second kappa shape index (κ2) is 6.40. The average Bonchev–Trinajstić information content (AvgIpc) is 2.97. The lowest BCUT2D eigenvalue weighted by Gasteiger charge is -2.11. The van der Waals surface area contributed by atoms with E-state index < -0.39 is 0 Å². The molecule has 2 aromatic rings. The summed E-state index contributed by atoms with van der Waals surface area (Å²) in [6, 6.07) is 0. The monoisotopic (exact) mass is 292 g/mol. The molecule has 1 amide bonds. The van der Waals surface area contributed by atoms with Gasteiger partial charge in [-0.05, 0) is 0 Å². The number of nitrogens with two attached hydrogens (primary N) is 1. The van der Waals surface area contributed by atoms with E-state index in [-0.39, 0.29) is 17.5 Å². The fourth-order valence-corrected chi connectivity index (χ4v) is 2.07. The predicted molar refractivity (Wildman–Crippen MR) is 77.2 cm³/mol. The van der Waals surface area contributed by atoms with Gasteiger partial charge in [0.05, 0.1) is 23.9 Å². The number of hydrazine groups is 1. The average molecular weight is 292 g/mol. The van der Waals surface area contributed by atoms with Crippen LogP contribution >= 0.6 is 11.3 Å². The summed E-state index contributed by atoms with van der Waals surface area (Å²) >= 11 is 1.48. The first-order valence-electron chi connectivity index (χ1n) is 6.11. The van der Waals surface area contributed by atoms with E-state index >= 15 is 0 Å². The highest BCUT2D eigenvalue weighted by Gasteiger charge is 2.16. The Balaban J connectivity index is 2.16. The minimum atomic E-state index is -0.296. The number of carbonyl (C=O) groups is 1. The molecule has 0 aliphatic heterocycles. The Morgan fingerprint density at radius 2 is 2.25 bits per heavy atom. The van der Waals surface area contributed by atoms with Crippen LogP contribution in [0.5, 0.6) is 0 Å². The minimum absolute atomic E-state index is 0.134. The number of thiazole rings is 1. The van der Waals surface area contributed by atoms with Crippen LogP contribution in [0.25, 0.3) is 0 Å². The van der Waals surface area contributed by atoms with Crippen molar-refractivity contribution in [2.24, 2.45) is 5.84 Å². The molecule has 7 nitrogen and oxygen atoms in total. The summed E-state index contributed by atoms with van der Waals surface area (Å²) in [6.45, 7) is 4.34. The molecule has 2 aromatic heterocycles. The third kappa shape index (κ3) is 3.28. The second-order valence-electron chi connectivity index (χ2n) is 4.44. The first kappa shape index (κ1) is 14.4. The molecule has 2 rings (SSSR count). The summed E-state index contributed by atoms with van der Waals surface area (Å²) in [5, 5.41) is 2.79. The second-order valence-corrected chi connectivity index (χ2v) is 5.41. The van der Waals surface area contributed by atoms with Gasteiger partial charge in [-0.3, -0.25) is 15.6 Å². The molecule has 0 spiro atoms. The molecule has 0 aromatic carbocycles. The third-order valence-electron chi connectivity index (χ3n) is 2.60. The first-order valence-corrected chi connectivity index (χ1v) is 6.99. The van der Waals surface area contributed by atoms with E-state index in [2.05, 4.69) is 25.7 Å².